The van der Waals surface area contributed by atoms with Crippen LogP contribution in [0.4, 0.5) is 5.69 Å². The van der Waals surface area contributed by atoms with Crippen molar-refractivity contribution in [2.24, 2.45) is 0 Å². The molecule has 0 heterocycles. The molecule has 0 saturated carbocycles. The van der Waals surface area contributed by atoms with Crippen LogP contribution in [0.1, 0.15) is 5.56 Å². The number of carbonyl (C=O) groups excluding carboxylic acids is 2. The molecule has 0 aromatic heterocycles. The van der Waals surface area contributed by atoms with E-state index in [1.54, 1.807) is 30.3 Å². The highest BCUT2D eigenvalue weighted by molar-refractivity contribution is 5.96. The van der Waals surface area contributed by atoms with Gasteiger partial charge in [-0.25, -0.2) is 4.79 Å². The van der Waals surface area contributed by atoms with Crippen LogP contribution in [0.15, 0.2) is 67.3 Å². The lowest BCUT2D eigenvalue weighted by atomic mass is 10.2. The molecular weight excluding hydrogens is 346 g/mol. The number of amides is 1. The van der Waals surface area contributed by atoms with Gasteiger partial charge in [0.05, 0.1) is 7.11 Å². The molecule has 2 rings (SSSR count). The molecule has 0 aliphatic rings. The fourth-order valence-electron chi connectivity index (χ4n) is 2.31. The fraction of sp³-hybridized carbons (Fsp3) is 0.143. The lowest BCUT2D eigenvalue weighted by molar-refractivity contribution is -0.142. The summed E-state index contributed by atoms with van der Waals surface area (Å²) in [7, 11) is 1.43. The van der Waals surface area contributed by atoms with Gasteiger partial charge in [-0.3, -0.25) is 4.79 Å². The van der Waals surface area contributed by atoms with Gasteiger partial charge in [0.1, 0.15) is 0 Å². The van der Waals surface area contributed by atoms with E-state index in [1.165, 1.54) is 30.2 Å². The smallest absolute Gasteiger partial charge is 0.331 e. The van der Waals surface area contributed by atoms with Crippen molar-refractivity contribution in [2.75, 3.05) is 25.2 Å². The number of benzene rings is 2. The highest BCUT2D eigenvalue weighted by Crippen LogP contribution is 2.26. The molecule has 0 bridgehead atoms. The number of anilines is 1. The summed E-state index contributed by atoms with van der Waals surface area (Å²) < 4.78 is 10.0. The van der Waals surface area contributed by atoms with E-state index in [-0.39, 0.29) is 18.3 Å². The third-order valence-corrected chi connectivity index (χ3v) is 3.63. The fourth-order valence-corrected chi connectivity index (χ4v) is 2.31. The molecule has 0 spiro atoms. The molecule has 1 N–H and O–H groups in total. The van der Waals surface area contributed by atoms with Crippen molar-refractivity contribution in [2.45, 2.75) is 0 Å². The van der Waals surface area contributed by atoms with Crippen LogP contribution in [-0.4, -0.2) is 37.2 Å². The predicted molar refractivity (Wildman–Crippen MR) is 104 cm³/mol. The lowest BCUT2D eigenvalue weighted by Crippen LogP contribution is -2.34. The Kier molecular flexibility index (Phi) is 7.19. The van der Waals surface area contributed by atoms with Crippen molar-refractivity contribution < 1.29 is 24.2 Å². The summed E-state index contributed by atoms with van der Waals surface area (Å²) in [6.45, 7) is 3.57. The minimum atomic E-state index is -0.651. The van der Waals surface area contributed by atoms with Crippen LogP contribution in [0.2, 0.25) is 0 Å². The first-order valence-electron chi connectivity index (χ1n) is 8.23. The van der Waals surface area contributed by atoms with E-state index in [9.17, 15) is 14.7 Å². The van der Waals surface area contributed by atoms with Crippen molar-refractivity contribution in [3.63, 3.8) is 0 Å². The molecule has 0 aliphatic heterocycles. The zero-order valence-corrected chi connectivity index (χ0v) is 15.0. The van der Waals surface area contributed by atoms with E-state index in [1.807, 2.05) is 18.2 Å². The Morgan fingerprint density at radius 3 is 2.59 bits per heavy atom. The number of nitrogens with zero attached hydrogens (tertiary/aromatic N) is 1. The molecule has 0 aliphatic carbocycles. The predicted octanol–water partition coefficient (Wildman–Crippen LogP) is 3.18. The van der Waals surface area contributed by atoms with Crippen LogP contribution in [0.3, 0.4) is 0 Å². The molecule has 0 radical (unpaired) electrons. The van der Waals surface area contributed by atoms with Gasteiger partial charge in [-0.2, -0.15) is 0 Å². The van der Waals surface area contributed by atoms with Gasteiger partial charge < -0.3 is 19.5 Å². The molecule has 0 fully saturated rings. The van der Waals surface area contributed by atoms with E-state index in [0.29, 0.717) is 23.5 Å². The third-order valence-electron chi connectivity index (χ3n) is 3.63. The standard InChI is InChI=1S/C21H21NO5/c1-3-13-22(17-7-5-4-6-8-17)20(24)15-27-21(25)12-10-16-9-11-18(23)19(14-16)26-2/h3-12,14,23H,1,13,15H2,2H3/b12-10+. The number of phenolic OH excluding ortho intramolecular Hbond substituents is 1. The maximum absolute atomic E-state index is 12.4. The summed E-state index contributed by atoms with van der Waals surface area (Å²) in [6.07, 6.45) is 4.32. The first-order valence-corrected chi connectivity index (χ1v) is 8.23. The molecule has 0 saturated heterocycles. The second-order valence-corrected chi connectivity index (χ2v) is 5.50. The summed E-state index contributed by atoms with van der Waals surface area (Å²) in [5.74, 6) is -0.703. The zero-order valence-electron chi connectivity index (χ0n) is 15.0. The molecule has 1 amide bonds. The number of hydrogen-bond acceptors (Lipinski definition) is 5. The van der Waals surface area contributed by atoms with Crippen molar-refractivity contribution in [1.82, 2.24) is 0 Å². The maximum atomic E-state index is 12.4. The average molecular weight is 367 g/mol. The van der Waals surface area contributed by atoms with E-state index >= 15 is 0 Å². The van der Waals surface area contributed by atoms with Gasteiger partial charge in [-0.1, -0.05) is 30.3 Å². The number of methoxy groups -OCH3 is 1. The van der Waals surface area contributed by atoms with Crippen molar-refractivity contribution in [3.05, 3.63) is 72.8 Å². The molecule has 0 unspecified atom stereocenters. The highest BCUT2D eigenvalue weighted by atomic mass is 16.5. The van der Waals surface area contributed by atoms with Crippen LogP contribution in [0, 0.1) is 0 Å². The number of para-hydroxylation sites is 1. The quantitative estimate of drug-likeness (QED) is 0.441. The van der Waals surface area contributed by atoms with Gasteiger partial charge in [-0.05, 0) is 35.9 Å². The van der Waals surface area contributed by atoms with Crippen molar-refractivity contribution in [1.29, 1.82) is 0 Å². The number of hydrogen-bond donors (Lipinski definition) is 1. The van der Waals surface area contributed by atoms with E-state index < -0.39 is 5.97 Å². The van der Waals surface area contributed by atoms with Gasteiger partial charge in [0.25, 0.3) is 5.91 Å². The number of aromatic hydroxyl groups is 1. The zero-order chi connectivity index (χ0) is 19.6. The van der Waals surface area contributed by atoms with E-state index in [2.05, 4.69) is 6.58 Å². The Balaban J connectivity index is 1.95. The number of ether oxygens (including phenoxy) is 2. The minimum absolute atomic E-state index is 0.00560. The Bertz CT molecular complexity index is 830. The Labute approximate surface area is 157 Å². The number of phenols is 1. The van der Waals surface area contributed by atoms with Crippen LogP contribution >= 0.6 is 0 Å². The molecule has 27 heavy (non-hydrogen) atoms. The maximum Gasteiger partial charge on any atom is 0.331 e. The Morgan fingerprint density at radius 1 is 1.19 bits per heavy atom. The summed E-state index contributed by atoms with van der Waals surface area (Å²) in [4.78, 5) is 25.7. The van der Waals surface area contributed by atoms with Crippen LogP contribution < -0.4 is 9.64 Å². The first-order chi connectivity index (χ1) is 13.0. The minimum Gasteiger partial charge on any atom is -0.504 e. The third kappa shape index (κ3) is 5.74. The van der Waals surface area contributed by atoms with Gasteiger partial charge in [0, 0.05) is 18.3 Å². The van der Waals surface area contributed by atoms with Gasteiger partial charge in [-0.15, -0.1) is 6.58 Å². The first kappa shape index (κ1) is 19.8. The number of rotatable bonds is 8. The monoisotopic (exact) mass is 367 g/mol. The topological polar surface area (TPSA) is 76.1 Å². The SMILES string of the molecule is C=CCN(C(=O)COC(=O)/C=C/c1ccc(O)c(OC)c1)c1ccccc1. The molecular formula is C21H21NO5. The molecule has 2 aromatic rings. The summed E-state index contributed by atoms with van der Waals surface area (Å²) in [6, 6.07) is 13.7. The molecule has 6 nitrogen and oxygen atoms in total. The summed E-state index contributed by atoms with van der Waals surface area (Å²) in [5.41, 5.74) is 1.34. The van der Waals surface area contributed by atoms with E-state index in [4.69, 9.17) is 9.47 Å². The van der Waals surface area contributed by atoms with Crippen LogP contribution in [-0.2, 0) is 14.3 Å². The normalized spacial score (nSPS) is 10.4. The van der Waals surface area contributed by atoms with E-state index in [0.717, 1.165) is 0 Å². The second kappa shape index (κ2) is 9.82. The Morgan fingerprint density at radius 2 is 1.93 bits per heavy atom. The van der Waals surface area contributed by atoms with Crippen molar-refractivity contribution >= 4 is 23.6 Å². The van der Waals surface area contributed by atoms with Crippen molar-refractivity contribution in [3.8, 4) is 11.5 Å². The van der Waals surface area contributed by atoms with Gasteiger partial charge >= 0.3 is 5.97 Å². The lowest BCUT2D eigenvalue weighted by Gasteiger charge is -2.20. The molecule has 140 valence electrons. The number of carbonyl (C=O) groups is 2. The second-order valence-electron chi connectivity index (χ2n) is 5.50. The average Bonchev–Trinajstić information content (AvgIpc) is 2.70. The van der Waals surface area contributed by atoms with Gasteiger partial charge in [0.15, 0.2) is 18.1 Å². The molecule has 6 heteroatoms. The largest absolute Gasteiger partial charge is 0.504 e. The Hall–Kier alpha value is -3.54. The van der Waals surface area contributed by atoms with Crippen LogP contribution in [0.25, 0.3) is 6.08 Å². The highest BCUT2D eigenvalue weighted by Gasteiger charge is 2.15. The van der Waals surface area contributed by atoms with Gasteiger partial charge in [0.2, 0.25) is 0 Å². The summed E-state index contributed by atoms with van der Waals surface area (Å²) in [5, 5.41) is 9.56. The van der Waals surface area contributed by atoms with Crippen LogP contribution in [0.5, 0.6) is 11.5 Å². The molecule has 2 aromatic carbocycles. The summed E-state index contributed by atoms with van der Waals surface area (Å²) >= 11 is 0. The number of esters is 1. The molecule has 0 atom stereocenters.